The molecule has 1 heterocycles. The molecule has 0 aliphatic heterocycles. The van der Waals surface area contributed by atoms with E-state index in [9.17, 15) is 0 Å². The molecular weight excluding hydrogens is 242 g/mol. The zero-order valence-corrected chi connectivity index (χ0v) is 13.0. The lowest BCUT2D eigenvalue weighted by molar-refractivity contribution is 0.116. The molecule has 19 heavy (non-hydrogen) atoms. The first-order valence-electron chi connectivity index (χ1n) is 6.94. The normalized spacial score (nSPS) is 15.5. The molecular formula is C14H27N3O2. The fourth-order valence-corrected chi connectivity index (χ4v) is 1.90. The lowest BCUT2D eigenvalue weighted by Crippen LogP contribution is -2.41. The van der Waals surface area contributed by atoms with Crippen LogP contribution < -0.4 is 5.32 Å². The molecule has 1 aromatic heterocycles. The summed E-state index contributed by atoms with van der Waals surface area (Å²) in [5.41, 5.74) is 0.157. The Morgan fingerprint density at radius 3 is 2.53 bits per heavy atom. The number of ether oxygens (including phenoxy) is 1. The summed E-state index contributed by atoms with van der Waals surface area (Å²) in [5, 5.41) is 7.49. The van der Waals surface area contributed by atoms with E-state index in [-0.39, 0.29) is 11.5 Å². The van der Waals surface area contributed by atoms with E-state index in [2.05, 4.69) is 43.2 Å². The molecule has 0 bridgehead atoms. The second-order valence-corrected chi connectivity index (χ2v) is 6.04. The van der Waals surface area contributed by atoms with Crippen LogP contribution in [0.25, 0.3) is 0 Å². The zero-order valence-electron chi connectivity index (χ0n) is 13.0. The van der Waals surface area contributed by atoms with Gasteiger partial charge in [0.15, 0.2) is 5.82 Å². The topological polar surface area (TPSA) is 60.2 Å². The summed E-state index contributed by atoms with van der Waals surface area (Å²) >= 11 is 0. The van der Waals surface area contributed by atoms with Gasteiger partial charge in [-0.1, -0.05) is 32.9 Å². The van der Waals surface area contributed by atoms with Crippen LogP contribution in [0.2, 0.25) is 0 Å². The highest BCUT2D eigenvalue weighted by molar-refractivity contribution is 4.94. The third-order valence-corrected chi connectivity index (χ3v) is 3.26. The molecule has 0 radical (unpaired) electrons. The number of methoxy groups -OCH3 is 1. The van der Waals surface area contributed by atoms with Gasteiger partial charge in [-0.25, -0.2) is 0 Å². The van der Waals surface area contributed by atoms with Crippen molar-refractivity contribution in [1.29, 1.82) is 0 Å². The molecule has 5 nitrogen and oxygen atoms in total. The Bertz CT molecular complexity index is 371. The number of hydrogen-bond donors (Lipinski definition) is 1. The van der Waals surface area contributed by atoms with Crippen molar-refractivity contribution in [3.63, 3.8) is 0 Å². The standard InChI is InChI=1S/C14H27N3O2/c1-7-15-11(14(3,4)5)9-13-16-12(17-19-13)8-10(2)18-6/h10-11,15H,7-9H2,1-6H3. The van der Waals surface area contributed by atoms with Gasteiger partial charge in [-0.3, -0.25) is 0 Å². The Balaban J connectivity index is 2.65. The van der Waals surface area contributed by atoms with Crippen LogP contribution in [0.15, 0.2) is 4.52 Å². The number of hydrogen-bond acceptors (Lipinski definition) is 5. The average molecular weight is 269 g/mol. The van der Waals surface area contributed by atoms with Gasteiger partial charge in [0.2, 0.25) is 5.89 Å². The maximum Gasteiger partial charge on any atom is 0.228 e. The van der Waals surface area contributed by atoms with E-state index >= 15 is 0 Å². The minimum atomic E-state index is 0.109. The van der Waals surface area contributed by atoms with Crippen molar-refractivity contribution >= 4 is 0 Å². The minimum Gasteiger partial charge on any atom is -0.381 e. The van der Waals surface area contributed by atoms with E-state index < -0.39 is 0 Å². The van der Waals surface area contributed by atoms with Crippen LogP contribution >= 0.6 is 0 Å². The highest BCUT2D eigenvalue weighted by Gasteiger charge is 2.26. The second kappa shape index (κ2) is 7.01. The molecule has 0 spiro atoms. The predicted molar refractivity (Wildman–Crippen MR) is 75.1 cm³/mol. The summed E-state index contributed by atoms with van der Waals surface area (Å²) in [6.07, 6.45) is 1.55. The average Bonchev–Trinajstić information content (AvgIpc) is 2.74. The first kappa shape index (κ1) is 16.1. The van der Waals surface area contributed by atoms with Gasteiger partial charge in [-0.2, -0.15) is 4.98 Å². The van der Waals surface area contributed by atoms with Crippen molar-refractivity contribution in [2.75, 3.05) is 13.7 Å². The Hall–Kier alpha value is -0.940. The van der Waals surface area contributed by atoms with Gasteiger partial charge in [-0.05, 0) is 18.9 Å². The summed E-state index contributed by atoms with van der Waals surface area (Å²) in [4.78, 5) is 4.44. The third kappa shape index (κ3) is 5.28. The van der Waals surface area contributed by atoms with Crippen molar-refractivity contribution in [1.82, 2.24) is 15.5 Å². The van der Waals surface area contributed by atoms with E-state index in [1.165, 1.54) is 0 Å². The SMILES string of the molecule is CCNC(Cc1nc(CC(C)OC)no1)C(C)(C)C. The van der Waals surface area contributed by atoms with Gasteiger partial charge >= 0.3 is 0 Å². The molecule has 5 heteroatoms. The molecule has 110 valence electrons. The Morgan fingerprint density at radius 1 is 1.32 bits per heavy atom. The first-order chi connectivity index (χ1) is 8.86. The van der Waals surface area contributed by atoms with Crippen LogP contribution in [0.5, 0.6) is 0 Å². The van der Waals surface area contributed by atoms with Gasteiger partial charge in [0, 0.05) is 26.0 Å². The van der Waals surface area contributed by atoms with E-state index in [1.807, 2.05) is 6.92 Å². The lowest BCUT2D eigenvalue weighted by atomic mass is 9.84. The molecule has 1 N–H and O–H groups in total. The van der Waals surface area contributed by atoms with Gasteiger partial charge in [0.25, 0.3) is 0 Å². The van der Waals surface area contributed by atoms with Crippen molar-refractivity contribution in [2.45, 2.75) is 59.6 Å². The lowest BCUT2D eigenvalue weighted by Gasteiger charge is -2.30. The maximum absolute atomic E-state index is 5.33. The molecule has 0 saturated heterocycles. The molecule has 2 unspecified atom stereocenters. The highest BCUT2D eigenvalue weighted by Crippen LogP contribution is 2.22. The molecule has 0 saturated carbocycles. The molecule has 1 aromatic rings. The summed E-state index contributed by atoms with van der Waals surface area (Å²) in [6.45, 7) is 11.7. The largest absolute Gasteiger partial charge is 0.381 e. The van der Waals surface area contributed by atoms with Crippen LogP contribution in [0.3, 0.4) is 0 Å². The Morgan fingerprint density at radius 2 is 2.00 bits per heavy atom. The summed E-state index contributed by atoms with van der Waals surface area (Å²) < 4.78 is 10.5. The molecule has 0 fully saturated rings. The fraction of sp³-hybridized carbons (Fsp3) is 0.857. The summed E-state index contributed by atoms with van der Waals surface area (Å²) in [5.74, 6) is 1.41. The van der Waals surface area contributed by atoms with E-state index in [0.717, 1.165) is 13.0 Å². The zero-order chi connectivity index (χ0) is 14.5. The first-order valence-corrected chi connectivity index (χ1v) is 6.94. The number of nitrogens with one attached hydrogen (secondary N) is 1. The quantitative estimate of drug-likeness (QED) is 0.822. The highest BCUT2D eigenvalue weighted by atomic mass is 16.5. The number of likely N-dealkylation sites (N-methyl/N-ethyl adjacent to an activating group) is 1. The third-order valence-electron chi connectivity index (χ3n) is 3.26. The smallest absolute Gasteiger partial charge is 0.228 e. The molecule has 2 atom stereocenters. The van der Waals surface area contributed by atoms with Crippen LogP contribution in [0.1, 0.15) is 46.3 Å². The molecule has 0 aromatic carbocycles. The Labute approximate surface area is 116 Å². The van der Waals surface area contributed by atoms with Crippen LogP contribution in [0.4, 0.5) is 0 Å². The number of nitrogens with zero attached hydrogens (tertiary/aromatic N) is 2. The predicted octanol–water partition coefficient (Wildman–Crippen LogP) is 2.21. The minimum absolute atomic E-state index is 0.109. The number of rotatable bonds is 7. The van der Waals surface area contributed by atoms with Gasteiger partial charge in [-0.15, -0.1) is 0 Å². The van der Waals surface area contributed by atoms with Crippen molar-refractivity contribution in [2.24, 2.45) is 5.41 Å². The van der Waals surface area contributed by atoms with Crippen molar-refractivity contribution < 1.29 is 9.26 Å². The monoisotopic (exact) mass is 269 g/mol. The summed E-state index contributed by atoms with van der Waals surface area (Å²) in [6, 6.07) is 0.325. The van der Waals surface area contributed by atoms with E-state index in [0.29, 0.717) is 24.2 Å². The van der Waals surface area contributed by atoms with E-state index in [1.54, 1.807) is 7.11 Å². The maximum atomic E-state index is 5.33. The molecule has 0 aliphatic rings. The second-order valence-electron chi connectivity index (χ2n) is 6.04. The molecule has 0 aliphatic carbocycles. The summed E-state index contributed by atoms with van der Waals surface area (Å²) in [7, 11) is 1.69. The van der Waals surface area contributed by atoms with E-state index in [4.69, 9.17) is 9.26 Å². The van der Waals surface area contributed by atoms with Crippen molar-refractivity contribution in [3.05, 3.63) is 11.7 Å². The van der Waals surface area contributed by atoms with Crippen molar-refractivity contribution in [3.8, 4) is 0 Å². The van der Waals surface area contributed by atoms with Gasteiger partial charge < -0.3 is 14.6 Å². The number of aromatic nitrogens is 2. The van der Waals surface area contributed by atoms with Crippen LogP contribution in [-0.4, -0.2) is 35.9 Å². The van der Waals surface area contributed by atoms with Crippen LogP contribution in [0, 0.1) is 5.41 Å². The Kier molecular flexibility index (Phi) is 5.94. The fourth-order valence-electron chi connectivity index (χ4n) is 1.90. The van der Waals surface area contributed by atoms with Gasteiger partial charge in [0.05, 0.1) is 6.10 Å². The molecule has 0 amide bonds. The molecule has 1 rings (SSSR count). The van der Waals surface area contributed by atoms with Gasteiger partial charge in [0.1, 0.15) is 0 Å². The van der Waals surface area contributed by atoms with Crippen LogP contribution in [-0.2, 0) is 17.6 Å².